The molecule has 2 nitrogen and oxygen atoms in total. The molecule has 1 aromatic rings. The largest absolute Gasteiger partial charge is 0.303 e. The van der Waals surface area contributed by atoms with Crippen molar-refractivity contribution >= 4 is 11.3 Å². The normalized spacial score (nSPS) is 26.1. The highest BCUT2D eigenvalue weighted by Crippen LogP contribution is 2.51. The van der Waals surface area contributed by atoms with Gasteiger partial charge in [-0.25, -0.2) is 4.98 Å². The quantitative estimate of drug-likeness (QED) is 0.862. The van der Waals surface area contributed by atoms with Crippen molar-refractivity contribution in [1.29, 1.82) is 0 Å². The summed E-state index contributed by atoms with van der Waals surface area (Å²) in [5.74, 6) is 0. The van der Waals surface area contributed by atoms with E-state index in [9.17, 15) is 0 Å². The Labute approximate surface area is 128 Å². The van der Waals surface area contributed by atoms with E-state index in [4.69, 9.17) is 4.98 Å². The first-order valence-electron chi connectivity index (χ1n) is 8.07. The van der Waals surface area contributed by atoms with Gasteiger partial charge >= 0.3 is 0 Å². The molecule has 0 radical (unpaired) electrons. The van der Waals surface area contributed by atoms with Gasteiger partial charge in [-0.3, -0.25) is 0 Å². The molecule has 1 atom stereocenters. The Morgan fingerprint density at radius 3 is 2.40 bits per heavy atom. The molecule has 1 aliphatic rings. The second-order valence-corrected chi connectivity index (χ2v) is 8.37. The van der Waals surface area contributed by atoms with E-state index in [1.807, 2.05) is 11.3 Å². The van der Waals surface area contributed by atoms with Crippen molar-refractivity contribution in [2.45, 2.75) is 85.2 Å². The Morgan fingerprint density at radius 2 is 1.90 bits per heavy atom. The highest BCUT2D eigenvalue weighted by atomic mass is 32.1. The number of rotatable bonds is 4. The SMILES string of the molecule is CCc1nc(C2(NC(C)C)CCCCC2(C)C)sc1C. The minimum Gasteiger partial charge on any atom is -0.303 e. The van der Waals surface area contributed by atoms with Crippen LogP contribution in [0.3, 0.4) is 0 Å². The van der Waals surface area contributed by atoms with E-state index >= 15 is 0 Å². The number of hydrogen-bond donors (Lipinski definition) is 1. The maximum absolute atomic E-state index is 5.03. The molecule has 0 spiro atoms. The molecular formula is C17H30N2S. The van der Waals surface area contributed by atoms with E-state index in [0.717, 1.165) is 6.42 Å². The number of thiazole rings is 1. The Bertz CT molecular complexity index is 462. The lowest BCUT2D eigenvalue weighted by Crippen LogP contribution is -2.57. The summed E-state index contributed by atoms with van der Waals surface area (Å²) in [4.78, 5) is 6.43. The fourth-order valence-electron chi connectivity index (χ4n) is 3.67. The third-order valence-electron chi connectivity index (χ3n) is 4.89. The van der Waals surface area contributed by atoms with Gasteiger partial charge in [0.2, 0.25) is 0 Å². The standard InChI is InChI=1S/C17H30N2S/c1-7-14-13(4)20-15(18-14)17(19-12(2)3)11-9-8-10-16(17,5)6/h12,19H,7-11H2,1-6H3. The molecule has 1 aliphatic carbocycles. The molecule has 2 rings (SSSR count). The third kappa shape index (κ3) is 2.67. The van der Waals surface area contributed by atoms with Crippen LogP contribution in [-0.2, 0) is 12.0 Å². The van der Waals surface area contributed by atoms with Gasteiger partial charge in [0.15, 0.2) is 0 Å². The number of nitrogens with one attached hydrogen (secondary N) is 1. The molecule has 1 heterocycles. The molecule has 0 aliphatic heterocycles. The van der Waals surface area contributed by atoms with Crippen molar-refractivity contribution in [3.05, 3.63) is 15.6 Å². The van der Waals surface area contributed by atoms with Gasteiger partial charge < -0.3 is 5.32 Å². The number of aromatic nitrogens is 1. The second kappa shape index (κ2) is 5.76. The van der Waals surface area contributed by atoms with Crippen LogP contribution in [0.2, 0.25) is 0 Å². The predicted molar refractivity (Wildman–Crippen MR) is 88.4 cm³/mol. The fourth-order valence-corrected chi connectivity index (χ4v) is 5.03. The molecule has 1 N–H and O–H groups in total. The van der Waals surface area contributed by atoms with Crippen LogP contribution in [0.1, 0.15) is 75.9 Å². The summed E-state index contributed by atoms with van der Waals surface area (Å²) < 4.78 is 0. The number of aryl methyl sites for hydroxylation is 2. The zero-order valence-electron chi connectivity index (χ0n) is 14.0. The fraction of sp³-hybridized carbons (Fsp3) is 0.824. The molecule has 114 valence electrons. The summed E-state index contributed by atoms with van der Waals surface area (Å²) in [7, 11) is 0. The van der Waals surface area contributed by atoms with Crippen LogP contribution in [0, 0.1) is 12.3 Å². The third-order valence-corrected chi connectivity index (χ3v) is 6.06. The Morgan fingerprint density at radius 1 is 1.25 bits per heavy atom. The lowest BCUT2D eigenvalue weighted by molar-refractivity contribution is 0.0510. The van der Waals surface area contributed by atoms with Gasteiger partial charge in [0, 0.05) is 10.9 Å². The van der Waals surface area contributed by atoms with E-state index in [0.29, 0.717) is 6.04 Å². The van der Waals surface area contributed by atoms with E-state index in [1.165, 1.54) is 41.3 Å². The van der Waals surface area contributed by atoms with Crippen LogP contribution in [-0.4, -0.2) is 11.0 Å². The maximum Gasteiger partial charge on any atom is 0.114 e. The summed E-state index contributed by atoms with van der Waals surface area (Å²) >= 11 is 1.91. The number of hydrogen-bond acceptors (Lipinski definition) is 3. The Balaban J connectivity index is 2.50. The minimum absolute atomic E-state index is 0.0578. The average Bonchev–Trinajstić information content (AvgIpc) is 2.73. The van der Waals surface area contributed by atoms with Crippen molar-refractivity contribution in [3.8, 4) is 0 Å². The number of nitrogens with zero attached hydrogens (tertiary/aromatic N) is 1. The first-order valence-corrected chi connectivity index (χ1v) is 8.88. The van der Waals surface area contributed by atoms with Crippen LogP contribution in [0.4, 0.5) is 0 Å². The highest BCUT2D eigenvalue weighted by molar-refractivity contribution is 7.11. The van der Waals surface area contributed by atoms with Crippen LogP contribution in [0.25, 0.3) is 0 Å². The molecule has 1 unspecified atom stereocenters. The molecule has 0 saturated heterocycles. The van der Waals surface area contributed by atoms with Gasteiger partial charge in [-0.2, -0.15) is 0 Å². The lowest BCUT2D eigenvalue weighted by atomic mass is 9.63. The molecular weight excluding hydrogens is 264 g/mol. The summed E-state index contributed by atoms with van der Waals surface area (Å²) in [5, 5.41) is 5.24. The molecule has 3 heteroatoms. The van der Waals surface area contributed by atoms with E-state index in [1.54, 1.807) is 0 Å². The topological polar surface area (TPSA) is 24.9 Å². The van der Waals surface area contributed by atoms with Gasteiger partial charge in [0.05, 0.1) is 11.2 Å². The molecule has 0 bridgehead atoms. The van der Waals surface area contributed by atoms with Crippen LogP contribution in [0.15, 0.2) is 0 Å². The smallest absolute Gasteiger partial charge is 0.114 e. The van der Waals surface area contributed by atoms with Crippen molar-refractivity contribution in [2.75, 3.05) is 0 Å². The maximum atomic E-state index is 5.03. The van der Waals surface area contributed by atoms with Crippen LogP contribution in [0.5, 0.6) is 0 Å². The van der Waals surface area contributed by atoms with Crippen molar-refractivity contribution < 1.29 is 0 Å². The Hall–Kier alpha value is -0.410. The van der Waals surface area contributed by atoms with E-state index < -0.39 is 0 Å². The zero-order chi connectivity index (χ0) is 15.0. The molecule has 1 aromatic heterocycles. The first-order chi connectivity index (χ1) is 9.32. The van der Waals surface area contributed by atoms with Gasteiger partial charge in [-0.05, 0) is 45.4 Å². The van der Waals surface area contributed by atoms with Gasteiger partial charge in [0.1, 0.15) is 5.01 Å². The predicted octanol–water partition coefficient (Wildman–Crippen LogP) is 4.81. The van der Waals surface area contributed by atoms with Gasteiger partial charge in [-0.15, -0.1) is 11.3 Å². The first kappa shape index (κ1) is 16.0. The molecule has 20 heavy (non-hydrogen) atoms. The van der Waals surface area contributed by atoms with Gasteiger partial charge in [-0.1, -0.05) is 33.6 Å². The van der Waals surface area contributed by atoms with Crippen molar-refractivity contribution in [3.63, 3.8) is 0 Å². The van der Waals surface area contributed by atoms with Crippen molar-refractivity contribution in [1.82, 2.24) is 10.3 Å². The molecule has 1 saturated carbocycles. The molecule has 1 fully saturated rings. The second-order valence-electron chi connectivity index (χ2n) is 7.17. The minimum atomic E-state index is 0.0578. The molecule has 0 amide bonds. The van der Waals surface area contributed by atoms with E-state index in [-0.39, 0.29) is 11.0 Å². The van der Waals surface area contributed by atoms with Crippen molar-refractivity contribution in [2.24, 2.45) is 5.41 Å². The summed E-state index contributed by atoms with van der Waals surface area (Å²) in [6, 6.07) is 0.488. The summed E-state index contributed by atoms with van der Waals surface area (Å²) in [6.45, 7) is 13.8. The Kier molecular flexibility index (Phi) is 4.60. The monoisotopic (exact) mass is 294 g/mol. The van der Waals surface area contributed by atoms with Crippen LogP contribution >= 0.6 is 11.3 Å². The zero-order valence-corrected chi connectivity index (χ0v) is 14.8. The summed E-state index contributed by atoms with van der Waals surface area (Å²) in [5.41, 5.74) is 1.61. The highest BCUT2D eigenvalue weighted by Gasteiger charge is 2.50. The summed E-state index contributed by atoms with van der Waals surface area (Å²) in [6.07, 6.45) is 6.20. The average molecular weight is 295 g/mol. The molecule has 0 aromatic carbocycles. The van der Waals surface area contributed by atoms with E-state index in [2.05, 4.69) is 46.9 Å². The lowest BCUT2D eigenvalue weighted by Gasteiger charge is -2.50. The van der Waals surface area contributed by atoms with Gasteiger partial charge in [0.25, 0.3) is 0 Å². The van der Waals surface area contributed by atoms with Crippen LogP contribution < -0.4 is 5.32 Å².